The highest BCUT2D eigenvalue weighted by molar-refractivity contribution is 5.79. The van der Waals surface area contributed by atoms with Gasteiger partial charge < -0.3 is 20.5 Å². The number of amides is 1. The van der Waals surface area contributed by atoms with E-state index in [1.165, 1.54) is 0 Å². The molecule has 5 heteroatoms. The van der Waals surface area contributed by atoms with Crippen molar-refractivity contribution in [1.82, 2.24) is 5.32 Å². The summed E-state index contributed by atoms with van der Waals surface area (Å²) in [4.78, 5) is 12.0. The molecule has 1 saturated carbocycles. The Hall–Kier alpha value is -1.75. The van der Waals surface area contributed by atoms with E-state index in [0.717, 1.165) is 36.3 Å². The summed E-state index contributed by atoms with van der Waals surface area (Å²) in [7, 11) is 3.28. The van der Waals surface area contributed by atoms with Gasteiger partial charge in [0.15, 0.2) is 0 Å². The lowest BCUT2D eigenvalue weighted by Gasteiger charge is -2.13. The van der Waals surface area contributed by atoms with Crippen LogP contribution >= 0.6 is 0 Å². The molecule has 0 aromatic heterocycles. The lowest BCUT2D eigenvalue weighted by atomic mass is 10.1. The first-order valence-corrected chi connectivity index (χ1v) is 7.38. The largest absolute Gasteiger partial charge is 0.497 e. The second-order valence-corrected chi connectivity index (χ2v) is 5.49. The van der Waals surface area contributed by atoms with Gasteiger partial charge in [0.25, 0.3) is 0 Å². The Bertz CT molecular complexity index is 490. The molecule has 1 aliphatic rings. The lowest BCUT2D eigenvalue weighted by molar-refractivity contribution is -0.124. The van der Waals surface area contributed by atoms with Crippen LogP contribution in [0.25, 0.3) is 0 Å². The smallest absolute Gasteiger partial charge is 0.223 e. The summed E-state index contributed by atoms with van der Waals surface area (Å²) in [5.74, 6) is 1.80. The molecule has 0 aliphatic heterocycles. The molecule has 5 nitrogen and oxygen atoms in total. The predicted molar refractivity (Wildman–Crippen MR) is 81.6 cm³/mol. The fourth-order valence-electron chi connectivity index (χ4n) is 2.80. The molecule has 0 bridgehead atoms. The highest BCUT2D eigenvalue weighted by Crippen LogP contribution is 2.25. The number of nitrogens with two attached hydrogens (primary N) is 1. The number of benzene rings is 1. The molecule has 0 spiro atoms. The monoisotopic (exact) mass is 292 g/mol. The molecule has 1 aromatic carbocycles. The Morgan fingerprint density at radius 3 is 2.76 bits per heavy atom. The van der Waals surface area contributed by atoms with Crippen LogP contribution in [-0.2, 0) is 11.2 Å². The molecule has 2 rings (SSSR count). The van der Waals surface area contributed by atoms with Crippen molar-refractivity contribution in [3.8, 4) is 11.5 Å². The van der Waals surface area contributed by atoms with Crippen molar-refractivity contribution in [1.29, 1.82) is 0 Å². The standard InChI is InChI=1S/C16H24N2O3/c1-20-14-5-6-15(21-2)11(10-14)7-8-18-16(19)12-3-4-13(17)9-12/h5-6,10,12-13H,3-4,7-9,17H2,1-2H3,(H,18,19). The molecular formula is C16H24N2O3. The molecule has 116 valence electrons. The first-order chi connectivity index (χ1) is 10.1. The van der Waals surface area contributed by atoms with E-state index < -0.39 is 0 Å². The molecule has 0 radical (unpaired) electrons. The highest BCUT2D eigenvalue weighted by atomic mass is 16.5. The summed E-state index contributed by atoms with van der Waals surface area (Å²) in [6.07, 6.45) is 3.36. The lowest BCUT2D eigenvalue weighted by Crippen LogP contribution is -2.32. The van der Waals surface area contributed by atoms with E-state index in [4.69, 9.17) is 15.2 Å². The fraction of sp³-hybridized carbons (Fsp3) is 0.562. The van der Waals surface area contributed by atoms with Crippen molar-refractivity contribution in [2.45, 2.75) is 31.7 Å². The van der Waals surface area contributed by atoms with E-state index in [1.807, 2.05) is 18.2 Å². The minimum Gasteiger partial charge on any atom is -0.497 e. The van der Waals surface area contributed by atoms with Crippen LogP contribution in [0.1, 0.15) is 24.8 Å². The van der Waals surface area contributed by atoms with Crippen LogP contribution in [0.2, 0.25) is 0 Å². The van der Waals surface area contributed by atoms with Crippen LogP contribution in [0, 0.1) is 5.92 Å². The molecule has 1 aromatic rings. The van der Waals surface area contributed by atoms with Crippen LogP contribution in [0.4, 0.5) is 0 Å². The van der Waals surface area contributed by atoms with E-state index >= 15 is 0 Å². The minimum absolute atomic E-state index is 0.0761. The number of nitrogens with one attached hydrogen (secondary N) is 1. The van der Waals surface area contributed by atoms with Gasteiger partial charge in [-0.05, 0) is 49.4 Å². The van der Waals surface area contributed by atoms with Crippen molar-refractivity contribution in [3.63, 3.8) is 0 Å². The van der Waals surface area contributed by atoms with Crippen molar-refractivity contribution < 1.29 is 14.3 Å². The number of hydrogen-bond acceptors (Lipinski definition) is 4. The van der Waals surface area contributed by atoms with Crippen LogP contribution in [0.15, 0.2) is 18.2 Å². The Balaban J connectivity index is 1.86. The van der Waals surface area contributed by atoms with Gasteiger partial charge in [0.05, 0.1) is 14.2 Å². The SMILES string of the molecule is COc1ccc(OC)c(CCNC(=O)C2CCC(N)C2)c1. The molecule has 2 atom stereocenters. The molecule has 3 N–H and O–H groups in total. The number of carbonyl (C=O) groups is 1. The van der Waals surface area contributed by atoms with Crippen LogP contribution in [0.3, 0.4) is 0 Å². The number of methoxy groups -OCH3 is 2. The van der Waals surface area contributed by atoms with Crippen molar-refractivity contribution >= 4 is 5.91 Å². The molecule has 2 unspecified atom stereocenters. The van der Waals surface area contributed by atoms with Gasteiger partial charge in [-0.15, -0.1) is 0 Å². The van der Waals surface area contributed by atoms with Gasteiger partial charge >= 0.3 is 0 Å². The quantitative estimate of drug-likeness (QED) is 0.833. The van der Waals surface area contributed by atoms with Crippen molar-refractivity contribution in [3.05, 3.63) is 23.8 Å². The van der Waals surface area contributed by atoms with Gasteiger partial charge in [-0.1, -0.05) is 0 Å². The average Bonchev–Trinajstić information content (AvgIpc) is 2.93. The first kappa shape index (κ1) is 15.6. The maximum atomic E-state index is 12.0. The van der Waals surface area contributed by atoms with Crippen molar-refractivity contribution in [2.75, 3.05) is 20.8 Å². The van der Waals surface area contributed by atoms with E-state index in [9.17, 15) is 4.79 Å². The molecule has 1 aliphatic carbocycles. The summed E-state index contributed by atoms with van der Waals surface area (Å²) < 4.78 is 10.5. The Labute approximate surface area is 125 Å². The van der Waals surface area contributed by atoms with Crippen LogP contribution in [-0.4, -0.2) is 32.7 Å². The van der Waals surface area contributed by atoms with E-state index in [1.54, 1.807) is 14.2 Å². The number of carbonyl (C=O) groups excluding carboxylic acids is 1. The minimum atomic E-state index is 0.0761. The fourth-order valence-corrected chi connectivity index (χ4v) is 2.80. The number of ether oxygens (including phenoxy) is 2. The zero-order chi connectivity index (χ0) is 15.2. The topological polar surface area (TPSA) is 73.6 Å². The van der Waals surface area contributed by atoms with E-state index in [0.29, 0.717) is 13.0 Å². The Kier molecular flexibility index (Phi) is 5.44. The zero-order valence-electron chi connectivity index (χ0n) is 12.7. The van der Waals surface area contributed by atoms with Crippen molar-refractivity contribution in [2.24, 2.45) is 11.7 Å². The zero-order valence-corrected chi connectivity index (χ0v) is 12.7. The second kappa shape index (κ2) is 7.31. The summed E-state index contributed by atoms with van der Waals surface area (Å²) in [5, 5.41) is 2.99. The predicted octanol–water partition coefficient (Wildman–Crippen LogP) is 1.49. The molecule has 1 fully saturated rings. The summed E-state index contributed by atoms with van der Waals surface area (Å²) in [5.41, 5.74) is 6.87. The number of hydrogen-bond donors (Lipinski definition) is 2. The van der Waals surface area contributed by atoms with Crippen LogP contribution < -0.4 is 20.5 Å². The first-order valence-electron chi connectivity index (χ1n) is 7.38. The van der Waals surface area contributed by atoms with Gasteiger partial charge in [0.1, 0.15) is 11.5 Å². The van der Waals surface area contributed by atoms with Gasteiger partial charge in [-0.3, -0.25) is 4.79 Å². The van der Waals surface area contributed by atoms with E-state index in [-0.39, 0.29) is 17.9 Å². The van der Waals surface area contributed by atoms with Crippen LogP contribution in [0.5, 0.6) is 11.5 Å². The average molecular weight is 292 g/mol. The third kappa shape index (κ3) is 4.11. The van der Waals surface area contributed by atoms with Gasteiger partial charge in [-0.25, -0.2) is 0 Å². The van der Waals surface area contributed by atoms with E-state index in [2.05, 4.69) is 5.32 Å². The third-order valence-corrected chi connectivity index (χ3v) is 4.03. The third-order valence-electron chi connectivity index (χ3n) is 4.03. The Morgan fingerprint density at radius 1 is 1.33 bits per heavy atom. The molecule has 0 saturated heterocycles. The molecule has 21 heavy (non-hydrogen) atoms. The molecular weight excluding hydrogens is 268 g/mol. The highest BCUT2D eigenvalue weighted by Gasteiger charge is 2.27. The molecule has 1 amide bonds. The second-order valence-electron chi connectivity index (χ2n) is 5.49. The maximum absolute atomic E-state index is 12.0. The maximum Gasteiger partial charge on any atom is 0.223 e. The van der Waals surface area contributed by atoms with Gasteiger partial charge in [0, 0.05) is 18.5 Å². The summed E-state index contributed by atoms with van der Waals surface area (Å²) in [6.45, 7) is 0.591. The molecule has 0 heterocycles. The summed E-state index contributed by atoms with van der Waals surface area (Å²) >= 11 is 0. The Morgan fingerprint density at radius 2 is 2.14 bits per heavy atom. The summed E-state index contributed by atoms with van der Waals surface area (Å²) in [6, 6.07) is 5.86. The number of rotatable bonds is 6. The normalized spacial score (nSPS) is 21.1. The van der Waals surface area contributed by atoms with Gasteiger partial charge in [0.2, 0.25) is 5.91 Å². The van der Waals surface area contributed by atoms with Gasteiger partial charge in [-0.2, -0.15) is 0 Å².